The minimum Gasteiger partial charge on any atom is -0.298 e. The Morgan fingerprint density at radius 2 is 1.67 bits per heavy atom. The van der Waals surface area contributed by atoms with Gasteiger partial charge in [-0.1, -0.05) is 37.0 Å². The van der Waals surface area contributed by atoms with Crippen LogP contribution < -0.4 is 0 Å². The summed E-state index contributed by atoms with van der Waals surface area (Å²) in [4.78, 5) is 33.3. The molecule has 0 aromatic rings. The predicted octanol–water partition coefficient (Wildman–Crippen LogP) is 1.93. The number of Topliss-reactive ketones (excluding diaryl/α,β-unsaturated/α-hetero) is 3. The summed E-state index contributed by atoms with van der Waals surface area (Å²) in [6, 6.07) is 0. The molecule has 84 valence electrons. The lowest BCUT2D eigenvalue weighted by atomic mass is 9.70. The van der Waals surface area contributed by atoms with Gasteiger partial charge in [0, 0.05) is 12.8 Å². The SMILES string of the molecule is CC1(C)CC(=O)C(C(=O)C(Cl)Cl)C(=O)C1. The lowest BCUT2D eigenvalue weighted by Gasteiger charge is -2.31. The van der Waals surface area contributed by atoms with Gasteiger partial charge in [-0.15, -0.1) is 0 Å². The summed E-state index contributed by atoms with van der Waals surface area (Å²) in [5, 5.41) is 0. The van der Waals surface area contributed by atoms with Crippen LogP contribution in [0.2, 0.25) is 0 Å². The van der Waals surface area contributed by atoms with Crippen molar-refractivity contribution in [2.45, 2.75) is 31.5 Å². The molecule has 0 heterocycles. The molecule has 1 rings (SSSR count). The van der Waals surface area contributed by atoms with Gasteiger partial charge >= 0.3 is 0 Å². The van der Waals surface area contributed by atoms with Gasteiger partial charge in [-0.2, -0.15) is 0 Å². The van der Waals surface area contributed by atoms with Crippen molar-refractivity contribution in [3.05, 3.63) is 0 Å². The maximum Gasteiger partial charge on any atom is 0.183 e. The number of carbonyl (C=O) groups excluding carboxylic acids is 3. The molecule has 0 radical (unpaired) electrons. The Labute approximate surface area is 98.1 Å². The van der Waals surface area contributed by atoms with E-state index in [1.54, 1.807) is 0 Å². The fraction of sp³-hybridized carbons (Fsp3) is 0.700. The summed E-state index contributed by atoms with van der Waals surface area (Å²) in [7, 11) is 0. The average Bonchev–Trinajstić information content (AvgIpc) is 1.99. The van der Waals surface area contributed by atoms with Crippen LogP contribution in [0, 0.1) is 11.3 Å². The largest absolute Gasteiger partial charge is 0.298 e. The minimum absolute atomic E-state index is 0.218. The molecule has 0 aromatic carbocycles. The number of rotatable bonds is 2. The molecular weight excluding hydrogens is 239 g/mol. The van der Waals surface area contributed by atoms with Gasteiger partial charge in [0.05, 0.1) is 0 Å². The number of halogens is 2. The Hall–Kier alpha value is -0.410. The molecule has 0 saturated heterocycles. The maximum absolute atomic E-state index is 11.6. The van der Waals surface area contributed by atoms with Crippen molar-refractivity contribution in [1.82, 2.24) is 0 Å². The number of carbonyl (C=O) groups is 3. The molecule has 1 aliphatic carbocycles. The van der Waals surface area contributed by atoms with Crippen LogP contribution >= 0.6 is 23.2 Å². The minimum atomic E-state index is -1.30. The Bertz CT molecular complexity index is 301. The molecule has 0 aromatic heterocycles. The van der Waals surface area contributed by atoms with Crippen molar-refractivity contribution in [2.75, 3.05) is 0 Å². The van der Waals surface area contributed by atoms with Crippen LogP contribution in [0.15, 0.2) is 0 Å². The smallest absolute Gasteiger partial charge is 0.183 e. The van der Waals surface area contributed by atoms with Crippen LogP contribution in [0.4, 0.5) is 0 Å². The second-order valence-corrected chi connectivity index (χ2v) is 5.68. The van der Waals surface area contributed by atoms with E-state index in [4.69, 9.17) is 23.2 Å². The van der Waals surface area contributed by atoms with Crippen LogP contribution in [0.3, 0.4) is 0 Å². The van der Waals surface area contributed by atoms with Gasteiger partial charge in [0.15, 0.2) is 22.2 Å². The van der Waals surface area contributed by atoms with E-state index >= 15 is 0 Å². The first kappa shape index (κ1) is 12.7. The van der Waals surface area contributed by atoms with E-state index in [0.717, 1.165) is 0 Å². The summed E-state index contributed by atoms with van der Waals surface area (Å²) >= 11 is 10.7. The molecule has 3 nitrogen and oxygen atoms in total. The summed E-state index contributed by atoms with van der Waals surface area (Å²) in [6.45, 7) is 3.64. The van der Waals surface area contributed by atoms with E-state index in [0.29, 0.717) is 0 Å². The molecule has 15 heavy (non-hydrogen) atoms. The Morgan fingerprint density at radius 1 is 1.27 bits per heavy atom. The molecule has 0 atom stereocenters. The van der Waals surface area contributed by atoms with Gasteiger partial charge in [0.1, 0.15) is 5.92 Å². The van der Waals surface area contributed by atoms with Crippen molar-refractivity contribution in [3.63, 3.8) is 0 Å². The Kier molecular flexibility index (Phi) is 3.56. The van der Waals surface area contributed by atoms with Crippen molar-refractivity contribution in [3.8, 4) is 0 Å². The standard InChI is InChI=1S/C10H12Cl2O3/c1-10(2)3-5(13)7(6(14)4-10)8(15)9(11)12/h7,9H,3-4H2,1-2H3. The first-order valence-corrected chi connectivity index (χ1v) is 5.49. The average molecular weight is 251 g/mol. The fourth-order valence-corrected chi connectivity index (χ4v) is 2.08. The van der Waals surface area contributed by atoms with E-state index in [2.05, 4.69) is 0 Å². The maximum atomic E-state index is 11.6. The van der Waals surface area contributed by atoms with Crippen molar-refractivity contribution in [2.24, 2.45) is 11.3 Å². The second-order valence-electron chi connectivity index (χ2n) is 4.59. The van der Waals surface area contributed by atoms with Crippen LogP contribution in [-0.2, 0) is 14.4 Å². The summed E-state index contributed by atoms with van der Waals surface area (Å²) in [5.41, 5.74) is -0.362. The zero-order valence-electron chi connectivity index (χ0n) is 8.55. The topological polar surface area (TPSA) is 51.2 Å². The number of hydrogen-bond acceptors (Lipinski definition) is 3. The zero-order chi connectivity index (χ0) is 11.8. The van der Waals surface area contributed by atoms with E-state index in [1.807, 2.05) is 13.8 Å². The van der Waals surface area contributed by atoms with Crippen molar-refractivity contribution in [1.29, 1.82) is 0 Å². The molecule has 0 bridgehead atoms. The highest BCUT2D eigenvalue weighted by atomic mass is 35.5. The van der Waals surface area contributed by atoms with Gasteiger partial charge in [0.2, 0.25) is 0 Å². The lowest BCUT2D eigenvalue weighted by molar-refractivity contribution is -0.144. The highest BCUT2D eigenvalue weighted by molar-refractivity contribution is 6.55. The van der Waals surface area contributed by atoms with Crippen molar-refractivity contribution < 1.29 is 14.4 Å². The molecule has 1 fully saturated rings. The number of ketones is 3. The molecular formula is C10H12Cl2O3. The molecule has 0 N–H and O–H groups in total. The molecule has 5 heteroatoms. The molecule has 1 saturated carbocycles. The fourth-order valence-electron chi connectivity index (χ4n) is 1.83. The van der Waals surface area contributed by atoms with E-state index in [1.165, 1.54) is 0 Å². The molecule has 1 aliphatic rings. The Balaban J connectivity index is 2.89. The number of hydrogen-bond donors (Lipinski definition) is 0. The summed E-state index contributed by atoms with van der Waals surface area (Å²) in [5.74, 6) is -2.66. The van der Waals surface area contributed by atoms with Crippen LogP contribution in [0.5, 0.6) is 0 Å². The highest BCUT2D eigenvalue weighted by Crippen LogP contribution is 2.35. The molecule has 0 amide bonds. The van der Waals surface area contributed by atoms with Gasteiger partial charge in [-0.3, -0.25) is 14.4 Å². The highest BCUT2D eigenvalue weighted by Gasteiger charge is 2.44. The molecule has 0 unspecified atom stereocenters. The normalized spacial score (nSPS) is 22.2. The van der Waals surface area contributed by atoms with E-state index < -0.39 is 16.5 Å². The van der Waals surface area contributed by atoms with Crippen LogP contribution in [0.25, 0.3) is 0 Å². The second kappa shape index (κ2) is 4.22. The van der Waals surface area contributed by atoms with Gasteiger partial charge in [-0.05, 0) is 5.41 Å². The van der Waals surface area contributed by atoms with E-state index in [9.17, 15) is 14.4 Å². The monoisotopic (exact) mass is 250 g/mol. The summed E-state index contributed by atoms with van der Waals surface area (Å²) in [6.07, 6.45) is 0.436. The third-order valence-electron chi connectivity index (χ3n) is 2.45. The lowest BCUT2D eigenvalue weighted by Crippen LogP contribution is -2.43. The van der Waals surface area contributed by atoms with Crippen LogP contribution in [-0.4, -0.2) is 22.2 Å². The summed E-state index contributed by atoms with van der Waals surface area (Å²) < 4.78 is 0. The molecule has 0 spiro atoms. The van der Waals surface area contributed by atoms with Gasteiger partial charge in [-0.25, -0.2) is 0 Å². The first-order chi connectivity index (χ1) is 6.74. The quantitative estimate of drug-likeness (QED) is 0.556. The Morgan fingerprint density at radius 3 is 2.00 bits per heavy atom. The zero-order valence-corrected chi connectivity index (χ0v) is 10.1. The third kappa shape index (κ3) is 2.79. The van der Waals surface area contributed by atoms with Gasteiger partial charge < -0.3 is 0 Å². The first-order valence-electron chi connectivity index (χ1n) is 4.62. The third-order valence-corrected chi connectivity index (χ3v) is 2.88. The van der Waals surface area contributed by atoms with E-state index in [-0.39, 0.29) is 29.8 Å². The number of alkyl halides is 2. The van der Waals surface area contributed by atoms with Crippen LogP contribution in [0.1, 0.15) is 26.7 Å². The molecule has 0 aliphatic heterocycles. The van der Waals surface area contributed by atoms with Crippen molar-refractivity contribution >= 4 is 40.6 Å². The van der Waals surface area contributed by atoms with Gasteiger partial charge in [0.25, 0.3) is 0 Å². The predicted molar refractivity (Wildman–Crippen MR) is 57.0 cm³/mol.